The van der Waals surface area contributed by atoms with Crippen LogP contribution in [0.3, 0.4) is 0 Å². The molecule has 0 saturated carbocycles. The van der Waals surface area contributed by atoms with Crippen LogP contribution in [0, 0.1) is 11.3 Å². The van der Waals surface area contributed by atoms with Gasteiger partial charge in [-0.25, -0.2) is 0 Å². The molecule has 1 unspecified atom stereocenters. The van der Waals surface area contributed by atoms with Crippen LogP contribution in [0.2, 0.25) is 0 Å². The van der Waals surface area contributed by atoms with Crippen LogP contribution in [0.4, 0.5) is 0 Å². The van der Waals surface area contributed by atoms with E-state index in [1.807, 2.05) is 0 Å². The highest BCUT2D eigenvalue weighted by Crippen LogP contribution is 2.56. The molecule has 0 aromatic rings. The first-order valence-corrected chi connectivity index (χ1v) is 4.32. The van der Waals surface area contributed by atoms with Gasteiger partial charge in [-0.2, -0.15) is 0 Å². The maximum Gasteiger partial charge on any atom is 0.0352 e. The van der Waals surface area contributed by atoms with Gasteiger partial charge in [0.15, 0.2) is 0 Å². The Morgan fingerprint density at radius 1 is 1.55 bits per heavy atom. The van der Waals surface area contributed by atoms with E-state index in [4.69, 9.17) is 0 Å². The number of allylic oxidation sites excluding steroid dienone is 6. The summed E-state index contributed by atoms with van der Waals surface area (Å²) >= 11 is 0. The van der Waals surface area contributed by atoms with Crippen LogP contribution in [-0.2, 0) is 0 Å². The van der Waals surface area contributed by atoms with Gasteiger partial charge in [-0.15, -0.1) is 0 Å². The standard InChI is InChI=1S/C11H14/c1-9(2)4-3-6-11-7-5-10(11)8-11/h3-5,7-9H,6H2,1-2H3. The van der Waals surface area contributed by atoms with Crippen molar-refractivity contribution in [2.45, 2.75) is 20.3 Å². The predicted molar refractivity (Wildman–Crippen MR) is 48.3 cm³/mol. The van der Waals surface area contributed by atoms with Crippen LogP contribution in [-0.4, -0.2) is 0 Å². The zero-order chi connectivity index (χ0) is 7.90. The monoisotopic (exact) mass is 146 g/mol. The number of rotatable bonds is 3. The third kappa shape index (κ3) is 1.07. The molecule has 1 atom stereocenters. The van der Waals surface area contributed by atoms with Crippen LogP contribution >= 0.6 is 0 Å². The van der Waals surface area contributed by atoms with Gasteiger partial charge in [0.25, 0.3) is 0 Å². The van der Waals surface area contributed by atoms with E-state index < -0.39 is 0 Å². The molecule has 0 nitrogen and oxygen atoms in total. The first-order valence-electron chi connectivity index (χ1n) is 4.32. The van der Waals surface area contributed by atoms with Crippen LogP contribution in [0.5, 0.6) is 0 Å². The molecule has 0 spiro atoms. The van der Waals surface area contributed by atoms with Gasteiger partial charge < -0.3 is 0 Å². The maximum absolute atomic E-state index is 2.34. The summed E-state index contributed by atoms with van der Waals surface area (Å²) in [4.78, 5) is 0. The summed E-state index contributed by atoms with van der Waals surface area (Å²) in [5, 5.41) is 0. The van der Waals surface area contributed by atoms with Gasteiger partial charge in [-0.3, -0.25) is 0 Å². The fourth-order valence-electron chi connectivity index (χ4n) is 1.51. The SMILES string of the molecule is CC(C)C=CCC12C=CC1=C2. The van der Waals surface area contributed by atoms with Crippen molar-refractivity contribution in [3.63, 3.8) is 0 Å². The van der Waals surface area contributed by atoms with Gasteiger partial charge in [-0.05, 0) is 17.9 Å². The van der Waals surface area contributed by atoms with Crippen LogP contribution in [0.1, 0.15) is 20.3 Å². The van der Waals surface area contributed by atoms with Gasteiger partial charge in [0, 0.05) is 5.41 Å². The van der Waals surface area contributed by atoms with E-state index in [1.165, 1.54) is 6.42 Å². The Bertz CT molecular complexity index is 249. The lowest BCUT2D eigenvalue weighted by atomic mass is 9.87. The third-order valence-corrected chi connectivity index (χ3v) is 2.40. The second kappa shape index (κ2) is 2.10. The molecule has 58 valence electrons. The van der Waals surface area contributed by atoms with Crippen molar-refractivity contribution in [2.75, 3.05) is 0 Å². The van der Waals surface area contributed by atoms with Crippen molar-refractivity contribution in [3.8, 4) is 0 Å². The highest BCUT2D eigenvalue weighted by atomic mass is 14.5. The second-order valence-electron chi connectivity index (χ2n) is 3.85. The molecule has 0 heterocycles. The molecule has 0 bridgehead atoms. The topological polar surface area (TPSA) is 0 Å². The van der Waals surface area contributed by atoms with Gasteiger partial charge >= 0.3 is 0 Å². The molecule has 0 aliphatic heterocycles. The minimum absolute atomic E-state index is 0.450. The predicted octanol–water partition coefficient (Wildman–Crippen LogP) is 3.08. The average Bonchev–Trinajstić information content (AvgIpc) is 2.38. The zero-order valence-corrected chi connectivity index (χ0v) is 7.17. The van der Waals surface area contributed by atoms with Gasteiger partial charge in [-0.1, -0.05) is 44.2 Å². The molecule has 0 aromatic carbocycles. The molecule has 0 fully saturated rings. The minimum Gasteiger partial charge on any atom is -0.0868 e. The molecule has 2 aliphatic rings. The lowest BCUT2D eigenvalue weighted by Gasteiger charge is -2.16. The summed E-state index contributed by atoms with van der Waals surface area (Å²) in [5.41, 5.74) is 2.00. The van der Waals surface area contributed by atoms with Crippen molar-refractivity contribution in [2.24, 2.45) is 11.3 Å². The molecule has 11 heavy (non-hydrogen) atoms. The van der Waals surface area contributed by atoms with Crippen LogP contribution < -0.4 is 0 Å². The molecule has 0 radical (unpaired) electrons. The molecule has 0 saturated heterocycles. The molecule has 0 N–H and O–H groups in total. The molecule has 2 rings (SSSR count). The van der Waals surface area contributed by atoms with Crippen molar-refractivity contribution in [1.82, 2.24) is 0 Å². The van der Waals surface area contributed by atoms with E-state index in [0.29, 0.717) is 11.3 Å². The average molecular weight is 146 g/mol. The molecule has 0 amide bonds. The molecular weight excluding hydrogens is 132 g/mol. The van der Waals surface area contributed by atoms with E-state index in [2.05, 4.69) is 44.2 Å². The third-order valence-electron chi connectivity index (χ3n) is 2.40. The lowest BCUT2D eigenvalue weighted by molar-refractivity contribution is 0.683. The first kappa shape index (κ1) is 6.90. The molecule has 2 aliphatic carbocycles. The van der Waals surface area contributed by atoms with E-state index in [0.717, 1.165) is 0 Å². The fraction of sp³-hybridized carbons (Fsp3) is 0.455. The van der Waals surface area contributed by atoms with Gasteiger partial charge in [0.1, 0.15) is 0 Å². The van der Waals surface area contributed by atoms with Crippen molar-refractivity contribution in [1.29, 1.82) is 0 Å². The molecular formula is C11H14. The van der Waals surface area contributed by atoms with E-state index in [9.17, 15) is 0 Å². The molecule has 0 aromatic heterocycles. The maximum atomic E-state index is 2.34. The van der Waals surface area contributed by atoms with E-state index in [1.54, 1.807) is 5.57 Å². The van der Waals surface area contributed by atoms with Gasteiger partial charge in [0.2, 0.25) is 0 Å². The van der Waals surface area contributed by atoms with Crippen molar-refractivity contribution in [3.05, 3.63) is 36.0 Å². The summed E-state index contributed by atoms with van der Waals surface area (Å²) in [5.74, 6) is 0.692. The van der Waals surface area contributed by atoms with Gasteiger partial charge in [0.05, 0.1) is 0 Å². The Hall–Kier alpha value is -0.780. The number of fused-ring (bicyclic) bond motifs is 1. The first-order chi connectivity index (χ1) is 5.23. The summed E-state index contributed by atoms with van der Waals surface area (Å²) in [6.07, 6.45) is 12.6. The highest BCUT2D eigenvalue weighted by Gasteiger charge is 2.44. The quantitative estimate of drug-likeness (QED) is 0.537. The summed E-state index contributed by atoms with van der Waals surface area (Å²) in [6.45, 7) is 4.43. The fourth-order valence-corrected chi connectivity index (χ4v) is 1.51. The van der Waals surface area contributed by atoms with E-state index in [-0.39, 0.29) is 0 Å². The van der Waals surface area contributed by atoms with Crippen LogP contribution in [0.15, 0.2) is 36.0 Å². The number of hydrogen-bond acceptors (Lipinski definition) is 0. The Morgan fingerprint density at radius 3 is 2.73 bits per heavy atom. The summed E-state index contributed by atoms with van der Waals surface area (Å²) in [7, 11) is 0. The van der Waals surface area contributed by atoms with E-state index >= 15 is 0 Å². The largest absolute Gasteiger partial charge is 0.0868 e. The zero-order valence-electron chi connectivity index (χ0n) is 7.17. The second-order valence-corrected chi connectivity index (χ2v) is 3.85. The minimum atomic E-state index is 0.450. The van der Waals surface area contributed by atoms with Crippen molar-refractivity contribution < 1.29 is 0 Å². The molecule has 0 heteroatoms. The normalized spacial score (nSPS) is 32.1. The summed E-state index contributed by atoms with van der Waals surface area (Å²) in [6, 6.07) is 0. The van der Waals surface area contributed by atoms with Crippen molar-refractivity contribution >= 4 is 0 Å². The smallest absolute Gasteiger partial charge is 0.0352 e. The lowest BCUT2D eigenvalue weighted by Crippen LogP contribution is -2.05. The number of hydrogen-bond donors (Lipinski definition) is 0. The Morgan fingerprint density at radius 2 is 2.36 bits per heavy atom. The highest BCUT2D eigenvalue weighted by molar-refractivity contribution is 5.61. The van der Waals surface area contributed by atoms with Crippen LogP contribution in [0.25, 0.3) is 0 Å². The Kier molecular flexibility index (Phi) is 1.32. The summed E-state index contributed by atoms with van der Waals surface area (Å²) < 4.78 is 0. The Labute approximate surface area is 68.3 Å². The Balaban J connectivity index is 1.81.